The minimum absolute atomic E-state index is 0.0882. The molecule has 7 heteroatoms. The molecule has 0 atom stereocenters. The fourth-order valence-electron chi connectivity index (χ4n) is 2.62. The number of thiazole rings is 1. The van der Waals surface area contributed by atoms with E-state index in [-0.39, 0.29) is 5.91 Å². The molecule has 3 rings (SSSR count). The van der Waals surface area contributed by atoms with Gasteiger partial charge in [0.15, 0.2) is 5.13 Å². The Bertz CT molecular complexity index is 645. The average molecular weight is 291 g/mol. The van der Waals surface area contributed by atoms with Crippen LogP contribution >= 0.6 is 11.3 Å². The summed E-state index contributed by atoms with van der Waals surface area (Å²) < 4.78 is 1.70. The summed E-state index contributed by atoms with van der Waals surface area (Å²) in [7, 11) is 1.83. The first kappa shape index (κ1) is 13.1. The number of hydrogen-bond donors (Lipinski definition) is 2. The monoisotopic (exact) mass is 291 g/mol. The van der Waals surface area contributed by atoms with Crippen molar-refractivity contribution >= 4 is 22.4 Å². The number of nitrogens with zero attached hydrogens (tertiary/aromatic N) is 3. The van der Waals surface area contributed by atoms with Gasteiger partial charge in [-0.15, -0.1) is 11.3 Å². The number of rotatable bonds is 3. The Morgan fingerprint density at radius 3 is 3.05 bits per heavy atom. The van der Waals surface area contributed by atoms with Crippen molar-refractivity contribution in [2.24, 2.45) is 7.05 Å². The summed E-state index contributed by atoms with van der Waals surface area (Å²) in [5.74, 6) is -0.0882. The summed E-state index contributed by atoms with van der Waals surface area (Å²) in [4.78, 5) is 16.5. The first-order valence-corrected chi connectivity index (χ1v) is 7.56. The van der Waals surface area contributed by atoms with Crippen molar-refractivity contribution in [3.05, 3.63) is 28.0 Å². The summed E-state index contributed by atoms with van der Waals surface area (Å²) in [6.07, 6.45) is 4.19. The minimum atomic E-state index is -0.0882. The van der Waals surface area contributed by atoms with Gasteiger partial charge in [-0.25, -0.2) is 4.98 Å². The number of aromatic nitrogens is 3. The normalized spacial score (nSPS) is 14.1. The highest BCUT2D eigenvalue weighted by molar-refractivity contribution is 7.13. The summed E-state index contributed by atoms with van der Waals surface area (Å²) in [6.45, 7) is 0.395. The van der Waals surface area contributed by atoms with Crippen LogP contribution in [0.4, 0.5) is 5.13 Å². The fourth-order valence-corrected chi connectivity index (χ4v) is 3.19. The van der Waals surface area contributed by atoms with Crippen LogP contribution in [0.15, 0.2) is 5.38 Å². The van der Waals surface area contributed by atoms with E-state index in [1.807, 2.05) is 12.4 Å². The number of amides is 1. The number of anilines is 1. The van der Waals surface area contributed by atoms with Crippen LogP contribution in [-0.4, -0.2) is 20.7 Å². The van der Waals surface area contributed by atoms with Crippen LogP contribution in [0.5, 0.6) is 0 Å². The predicted molar refractivity (Wildman–Crippen MR) is 77.5 cm³/mol. The van der Waals surface area contributed by atoms with Gasteiger partial charge in [0.2, 0.25) is 0 Å². The van der Waals surface area contributed by atoms with Gasteiger partial charge in [-0.3, -0.25) is 9.48 Å². The Balaban J connectivity index is 1.75. The molecule has 0 saturated heterocycles. The van der Waals surface area contributed by atoms with Gasteiger partial charge in [-0.2, -0.15) is 5.10 Å². The van der Waals surface area contributed by atoms with Gasteiger partial charge in [0.1, 0.15) is 5.69 Å². The molecule has 0 aromatic carbocycles. The van der Waals surface area contributed by atoms with Crippen LogP contribution in [0, 0.1) is 0 Å². The first-order chi connectivity index (χ1) is 9.65. The summed E-state index contributed by atoms with van der Waals surface area (Å²) >= 11 is 1.38. The average Bonchev–Trinajstić information content (AvgIpc) is 2.98. The molecule has 1 aliphatic carbocycles. The molecule has 0 saturated carbocycles. The topological polar surface area (TPSA) is 85.8 Å². The first-order valence-electron chi connectivity index (χ1n) is 6.68. The quantitative estimate of drug-likeness (QED) is 0.891. The van der Waals surface area contributed by atoms with E-state index in [9.17, 15) is 4.79 Å². The molecular formula is C13H17N5OS. The molecule has 1 amide bonds. The molecule has 2 aromatic rings. The zero-order chi connectivity index (χ0) is 14.1. The predicted octanol–water partition coefficient (Wildman–Crippen LogP) is 1.27. The Morgan fingerprint density at radius 1 is 1.50 bits per heavy atom. The van der Waals surface area contributed by atoms with Crippen LogP contribution in [0.3, 0.4) is 0 Å². The lowest BCUT2D eigenvalue weighted by molar-refractivity contribution is 0.0940. The van der Waals surface area contributed by atoms with Gasteiger partial charge >= 0.3 is 0 Å². The van der Waals surface area contributed by atoms with Crippen LogP contribution in [0.2, 0.25) is 0 Å². The largest absolute Gasteiger partial charge is 0.375 e. The highest BCUT2D eigenvalue weighted by Gasteiger charge is 2.23. The Hall–Kier alpha value is -1.89. The zero-order valence-corrected chi connectivity index (χ0v) is 12.2. The molecule has 3 N–H and O–H groups in total. The number of carbonyl (C=O) groups excluding carboxylic acids is 1. The molecule has 20 heavy (non-hydrogen) atoms. The van der Waals surface area contributed by atoms with E-state index in [1.165, 1.54) is 11.3 Å². The number of aryl methyl sites for hydroxylation is 2. The zero-order valence-electron chi connectivity index (χ0n) is 11.3. The number of nitrogen functional groups attached to an aromatic ring is 1. The van der Waals surface area contributed by atoms with Crippen molar-refractivity contribution in [3.63, 3.8) is 0 Å². The highest BCUT2D eigenvalue weighted by atomic mass is 32.1. The lowest BCUT2D eigenvalue weighted by Gasteiger charge is -2.11. The Labute approximate surface area is 121 Å². The summed E-state index contributed by atoms with van der Waals surface area (Å²) in [5.41, 5.74) is 9.22. The fraction of sp³-hybridized carbons (Fsp3) is 0.462. The Kier molecular flexibility index (Phi) is 3.43. The smallest absolute Gasteiger partial charge is 0.270 e. The number of fused-ring (bicyclic) bond motifs is 1. The number of nitrogens with two attached hydrogens (primary N) is 1. The molecular weight excluding hydrogens is 274 g/mol. The Morgan fingerprint density at radius 2 is 2.30 bits per heavy atom. The van der Waals surface area contributed by atoms with Gasteiger partial charge in [0, 0.05) is 18.0 Å². The SMILES string of the molecule is Cn1nc2c(c1C(=O)NCc1csc(N)n1)CCCC2. The van der Waals surface area contributed by atoms with Crippen molar-refractivity contribution < 1.29 is 4.79 Å². The van der Waals surface area contributed by atoms with Gasteiger partial charge in [0.05, 0.1) is 17.9 Å². The van der Waals surface area contributed by atoms with Crippen molar-refractivity contribution in [1.82, 2.24) is 20.1 Å². The number of carbonyl (C=O) groups is 1. The molecule has 0 spiro atoms. The number of nitrogens with one attached hydrogen (secondary N) is 1. The van der Waals surface area contributed by atoms with E-state index >= 15 is 0 Å². The summed E-state index contributed by atoms with van der Waals surface area (Å²) in [5, 5.41) is 9.72. The van der Waals surface area contributed by atoms with Crippen LogP contribution in [-0.2, 0) is 26.4 Å². The highest BCUT2D eigenvalue weighted by Crippen LogP contribution is 2.23. The van der Waals surface area contributed by atoms with Crippen molar-refractivity contribution in [2.45, 2.75) is 32.2 Å². The second kappa shape index (κ2) is 5.24. The van der Waals surface area contributed by atoms with Crippen molar-refractivity contribution in [3.8, 4) is 0 Å². The molecule has 0 bridgehead atoms. The second-order valence-electron chi connectivity index (χ2n) is 4.96. The molecule has 0 fully saturated rings. The third-order valence-electron chi connectivity index (χ3n) is 3.53. The van der Waals surface area contributed by atoms with Crippen LogP contribution in [0.1, 0.15) is 40.3 Å². The molecule has 0 unspecified atom stereocenters. The second-order valence-corrected chi connectivity index (χ2v) is 5.85. The van der Waals surface area contributed by atoms with Crippen molar-refractivity contribution in [1.29, 1.82) is 0 Å². The van der Waals surface area contributed by atoms with E-state index < -0.39 is 0 Å². The maximum Gasteiger partial charge on any atom is 0.270 e. The minimum Gasteiger partial charge on any atom is -0.375 e. The lowest BCUT2D eigenvalue weighted by Crippen LogP contribution is -2.26. The van der Waals surface area contributed by atoms with Crippen LogP contribution in [0.25, 0.3) is 0 Å². The standard InChI is InChI=1S/C13H17N5OS/c1-18-11(9-4-2-3-5-10(9)17-18)12(19)15-6-8-7-20-13(14)16-8/h7H,2-6H2,1H3,(H2,14,16)(H,15,19). The van der Waals surface area contributed by atoms with Gasteiger partial charge in [-0.1, -0.05) is 0 Å². The van der Waals surface area contributed by atoms with Gasteiger partial charge < -0.3 is 11.1 Å². The number of hydrogen-bond acceptors (Lipinski definition) is 5. The van der Waals surface area contributed by atoms with E-state index in [1.54, 1.807) is 4.68 Å². The van der Waals surface area contributed by atoms with E-state index in [0.29, 0.717) is 17.4 Å². The van der Waals surface area contributed by atoms with E-state index in [0.717, 1.165) is 42.6 Å². The maximum absolute atomic E-state index is 12.4. The van der Waals surface area contributed by atoms with Gasteiger partial charge in [-0.05, 0) is 25.7 Å². The molecule has 6 nitrogen and oxygen atoms in total. The van der Waals surface area contributed by atoms with E-state index in [2.05, 4.69) is 15.4 Å². The third kappa shape index (κ3) is 2.40. The molecule has 0 radical (unpaired) electrons. The summed E-state index contributed by atoms with van der Waals surface area (Å²) in [6, 6.07) is 0. The van der Waals surface area contributed by atoms with Gasteiger partial charge in [0.25, 0.3) is 5.91 Å². The van der Waals surface area contributed by atoms with Crippen LogP contribution < -0.4 is 11.1 Å². The molecule has 2 aromatic heterocycles. The molecule has 2 heterocycles. The van der Waals surface area contributed by atoms with Crippen molar-refractivity contribution in [2.75, 3.05) is 5.73 Å². The molecule has 0 aliphatic heterocycles. The molecule has 1 aliphatic rings. The van der Waals surface area contributed by atoms with E-state index in [4.69, 9.17) is 5.73 Å². The molecule has 106 valence electrons. The maximum atomic E-state index is 12.4. The third-order valence-corrected chi connectivity index (χ3v) is 4.26. The lowest BCUT2D eigenvalue weighted by atomic mass is 9.95.